The Hall–Kier alpha value is -1.39. The first-order chi connectivity index (χ1) is 9.52. The third-order valence-electron chi connectivity index (χ3n) is 5.04. The van der Waals surface area contributed by atoms with Gasteiger partial charge in [-0.15, -0.1) is 0 Å². The maximum Gasteiger partial charge on any atom is 0.228 e. The van der Waals surface area contributed by atoms with Gasteiger partial charge in [0.25, 0.3) is 0 Å². The maximum absolute atomic E-state index is 12.6. The van der Waals surface area contributed by atoms with Crippen LogP contribution in [0.5, 0.6) is 0 Å². The summed E-state index contributed by atoms with van der Waals surface area (Å²) in [6.07, 6.45) is 2.77. The van der Waals surface area contributed by atoms with Gasteiger partial charge in [-0.1, -0.05) is 30.7 Å². The summed E-state index contributed by atoms with van der Waals surface area (Å²) in [5.74, 6) is -0.0248. The van der Waals surface area contributed by atoms with Crippen LogP contribution >= 0.6 is 0 Å². The second-order valence-electron chi connectivity index (χ2n) is 6.34. The molecule has 1 amide bonds. The molecular weight excluding hydrogens is 252 g/mol. The topological polar surface area (TPSA) is 75.3 Å². The molecule has 1 aromatic rings. The summed E-state index contributed by atoms with van der Waals surface area (Å²) in [5, 5.41) is 13.2. The number of fused-ring (bicyclic) bond motifs is 1. The number of benzene rings is 1. The number of nitrogens with two attached hydrogens (primary N) is 1. The maximum atomic E-state index is 12.6. The smallest absolute Gasteiger partial charge is 0.228 e. The summed E-state index contributed by atoms with van der Waals surface area (Å²) in [4.78, 5) is 12.6. The number of nitrogens with one attached hydrogen (secondary N) is 1. The molecule has 0 heterocycles. The second-order valence-corrected chi connectivity index (χ2v) is 6.34. The highest BCUT2D eigenvalue weighted by Gasteiger charge is 2.44. The molecule has 3 rings (SSSR count). The van der Waals surface area contributed by atoms with Crippen LogP contribution in [0, 0.1) is 5.41 Å². The fourth-order valence-corrected chi connectivity index (χ4v) is 3.53. The van der Waals surface area contributed by atoms with Gasteiger partial charge >= 0.3 is 0 Å². The van der Waals surface area contributed by atoms with Gasteiger partial charge < -0.3 is 16.2 Å². The van der Waals surface area contributed by atoms with Gasteiger partial charge in [0, 0.05) is 12.5 Å². The summed E-state index contributed by atoms with van der Waals surface area (Å²) in [6, 6.07) is 7.50. The summed E-state index contributed by atoms with van der Waals surface area (Å²) in [7, 11) is 0. The van der Waals surface area contributed by atoms with Gasteiger partial charge in [0.15, 0.2) is 0 Å². The quantitative estimate of drug-likeness (QED) is 0.760. The van der Waals surface area contributed by atoms with Gasteiger partial charge in [-0.25, -0.2) is 0 Å². The molecule has 0 saturated heterocycles. The zero-order valence-electron chi connectivity index (χ0n) is 11.8. The lowest BCUT2D eigenvalue weighted by atomic mass is 9.83. The van der Waals surface area contributed by atoms with Crippen molar-refractivity contribution in [2.45, 2.75) is 50.8 Å². The van der Waals surface area contributed by atoms with Crippen LogP contribution in [0.25, 0.3) is 0 Å². The Kier molecular flexibility index (Phi) is 3.30. The number of carbonyl (C=O) groups excluding carboxylic acids is 1. The Labute approximate surface area is 119 Å². The van der Waals surface area contributed by atoms with Gasteiger partial charge in [-0.2, -0.15) is 0 Å². The number of amides is 1. The fraction of sp³-hybridized carbons (Fsp3) is 0.562. The van der Waals surface area contributed by atoms with E-state index in [9.17, 15) is 9.90 Å². The van der Waals surface area contributed by atoms with E-state index >= 15 is 0 Å². The minimum absolute atomic E-state index is 0.0248. The molecule has 1 fully saturated rings. The van der Waals surface area contributed by atoms with Crippen LogP contribution in [0.1, 0.15) is 43.4 Å². The lowest BCUT2D eigenvalue weighted by Crippen LogP contribution is -2.49. The van der Waals surface area contributed by atoms with E-state index in [0.717, 1.165) is 30.4 Å². The van der Waals surface area contributed by atoms with Gasteiger partial charge in [0.05, 0.1) is 17.6 Å². The molecule has 20 heavy (non-hydrogen) atoms. The Morgan fingerprint density at radius 2 is 2.20 bits per heavy atom. The van der Waals surface area contributed by atoms with Gasteiger partial charge in [0.1, 0.15) is 0 Å². The molecule has 0 aromatic heterocycles. The predicted molar refractivity (Wildman–Crippen MR) is 77.0 cm³/mol. The first kappa shape index (κ1) is 13.6. The largest absolute Gasteiger partial charge is 0.390 e. The van der Waals surface area contributed by atoms with Crippen molar-refractivity contribution >= 4 is 5.91 Å². The van der Waals surface area contributed by atoms with Gasteiger partial charge in [-0.05, 0) is 30.9 Å². The van der Waals surface area contributed by atoms with E-state index in [-0.39, 0.29) is 18.0 Å². The third kappa shape index (κ3) is 2.03. The average Bonchev–Trinajstić information content (AvgIpc) is 2.92. The highest BCUT2D eigenvalue weighted by atomic mass is 16.3. The van der Waals surface area contributed by atoms with Crippen molar-refractivity contribution in [2.24, 2.45) is 11.1 Å². The second kappa shape index (κ2) is 4.86. The highest BCUT2D eigenvalue weighted by molar-refractivity contribution is 5.84. The number of aliphatic hydroxyl groups excluding tert-OH is 1. The fourth-order valence-electron chi connectivity index (χ4n) is 3.53. The van der Waals surface area contributed by atoms with Crippen LogP contribution in [-0.4, -0.2) is 23.2 Å². The van der Waals surface area contributed by atoms with Crippen LogP contribution in [-0.2, 0) is 11.2 Å². The van der Waals surface area contributed by atoms with E-state index in [4.69, 9.17) is 5.73 Å². The lowest BCUT2D eigenvalue weighted by Gasteiger charge is -2.30. The summed E-state index contributed by atoms with van der Waals surface area (Å²) in [6.45, 7) is 1.94. The summed E-state index contributed by atoms with van der Waals surface area (Å²) < 4.78 is 0. The molecule has 4 atom stereocenters. The number of carbonyl (C=O) groups is 1. The molecule has 0 spiro atoms. The van der Waals surface area contributed by atoms with Crippen molar-refractivity contribution < 1.29 is 9.90 Å². The molecule has 0 aliphatic heterocycles. The van der Waals surface area contributed by atoms with E-state index < -0.39 is 11.5 Å². The van der Waals surface area contributed by atoms with Crippen molar-refractivity contribution in [2.75, 3.05) is 0 Å². The number of rotatable bonds is 2. The first-order valence-corrected chi connectivity index (χ1v) is 7.35. The normalized spacial score (nSPS) is 35.9. The van der Waals surface area contributed by atoms with Gasteiger partial charge in [-0.3, -0.25) is 4.79 Å². The molecule has 1 saturated carbocycles. The van der Waals surface area contributed by atoms with Crippen LogP contribution < -0.4 is 11.1 Å². The Balaban J connectivity index is 1.80. The number of hydrogen-bond acceptors (Lipinski definition) is 3. The van der Waals surface area contributed by atoms with Crippen LogP contribution in [0.3, 0.4) is 0 Å². The molecule has 4 nitrogen and oxygen atoms in total. The predicted octanol–water partition coefficient (Wildman–Crippen LogP) is 1.28. The Bertz CT molecular complexity index is 531. The molecule has 2 aliphatic rings. The van der Waals surface area contributed by atoms with Gasteiger partial charge in [0.2, 0.25) is 5.91 Å². The van der Waals surface area contributed by atoms with Crippen molar-refractivity contribution in [3.05, 3.63) is 35.4 Å². The minimum atomic E-state index is -0.544. The molecule has 2 aliphatic carbocycles. The molecule has 4 heteroatoms. The van der Waals surface area contributed by atoms with E-state index in [2.05, 4.69) is 5.32 Å². The van der Waals surface area contributed by atoms with E-state index in [1.807, 2.05) is 31.2 Å². The number of hydrogen-bond donors (Lipinski definition) is 3. The highest BCUT2D eigenvalue weighted by Crippen LogP contribution is 2.39. The van der Waals surface area contributed by atoms with Crippen LogP contribution in [0.2, 0.25) is 0 Å². The molecule has 1 aromatic carbocycles. The van der Waals surface area contributed by atoms with E-state index in [1.165, 1.54) is 0 Å². The van der Waals surface area contributed by atoms with Crippen LogP contribution in [0.4, 0.5) is 0 Å². The minimum Gasteiger partial charge on any atom is -0.390 e. The molecule has 4 N–H and O–H groups in total. The molecule has 108 valence electrons. The van der Waals surface area contributed by atoms with Crippen molar-refractivity contribution in [1.29, 1.82) is 0 Å². The van der Waals surface area contributed by atoms with Crippen molar-refractivity contribution in [3.63, 3.8) is 0 Å². The SMILES string of the molecule is CC1(C(=O)N[C@@H]2c3ccccc3C[C@@H]2O)CCCC1N. The lowest BCUT2D eigenvalue weighted by molar-refractivity contribution is -0.132. The number of aliphatic hydroxyl groups is 1. The van der Waals surface area contributed by atoms with Crippen LogP contribution in [0.15, 0.2) is 24.3 Å². The zero-order chi connectivity index (χ0) is 14.3. The summed E-state index contributed by atoms with van der Waals surface area (Å²) in [5.41, 5.74) is 7.74. The third-order valence-corrected chi connectivity index (χ3v) is 5.04. The molecule has 0 radical (unpaired) electrons. The standard InChI is InChI=1S/C16H22N2O2/c1-16(8-4-7-13(16)17)15(20)18-14-11-6-3-2-5-10(11)9-12(14)19/h2-3,5-6,12-14,19H,4,7-9,17H2,1H3,(H,18,20)/t12-,13?,14+,16?/m0/s1. The first-order valence-electron chi connectivity index (χ1n) is 7.35. The van der Waals surface area contributed by atoms with Crippen molar-refractivity contribution in [1.82, 2.24) is 5.32 Å². The monoisotopic (exact) mass is 274 g/mol. The average molecular weight is 274 g/mol. The Morgan fingerprint density at radius 3 is 2.90 bits per heavy atom. The van der Waals surface area contributed by atoms with E-state index in [1.54, 1.807) is 0 Å². The molecule has 2 unspecified atom stereocenters. The Morgan fingerprint density at radius 1 is 1.45 bits per heavy atom. The summed E-state index contributed by atoms with van der Waals surface area (Å²) >= 11 is 0. The zero-order valence-corrected chi connectivity index (χ0v) is 11.8. The molecular formula is C16H22N2O2. The van der Waals surface area contributed by atoms with Crippen molar-refractivity contribution in [3.8, 4) is 0 Å². The molecule has 0 bridgehead atoms. The van der Waals surface area contributed by atoms with E-state index in [0.29, 0.717) is 6.42 Å².